The number of phenols is 2. The first kappa shape index (κ1) is 21.1. The van der Waals surface area contributed by atoms with Crippen LogP contribution < -0.4 is 9.47 Å². The summed E-state index contributed by atoms with van der Waals surface area (Å²) in [5.41, 5.74) is 4.08. The smallest absolute Gasteiger partial charge is 0.149 e. The number of benzene rings is 4. The summed E-state index contributed by atoms with van der Waals surface area (Å²) < 4.78 is 11.9. The summed E-state index contributed by atoms with van der Waals surface area (Å²) in [6, 6.07) is 31.3. The van der Waals surface area contributed by atoms with Gasteiger partial charge in [0.2, 0.25) is 0 Å². The van der Waals surface area contributed by atoms with E-state index in [2.05, 4.69) is 4.98 Å². The lowest BCUT2D eigenvalue weighted by atomic mass is 10.1. The van der Waals surface area contributed by atoms with E-state index in [4.69, 9.17) is 9.47 Å². The van der Waals surface area contributed by atoms with Crippen LogP contribution in [0.5, 0.6) is 34.5 Å². The molecule has 5 nitrogen and oxygen atoms in total. The first-order valence-corrected chi connectivity index (χ1v) is 10.7. The fourth-order valence-electron chi connectivity index (χ4n) is 3.52. The lowest BCUT2D eigenvalue weighted by Crippen LogP contribution is -1.89. The molecule has 0 fully saturated rings. The summed E-state index contributed by atoms with van der Waals surface area (Å²) >= 11 is 0. The second-order valence-electron chi connectivity index (χ2n) is 7.70. The minimum atomic E-state index is 0.242. The van der Waals surface area contributed by atoms with Gasteiger partial charge in [0.25, 0.3) is 0 Å². The zero-order valence-corrected chi connectivity index (χ0v) is 18.1. The minimum Gasteiger partial charge on any atom is -0.508 e. The molecule has 0 unspecified atom stereocenters. The van der Waals surface area contributed by atoms with Crippen molar-refractivity contribution in [2.24, 2.45) is 0 Å². The standard InChI is InChI=1S/C29H21NO4/c31-24-9-1-20(2-10-24)22-5-13-26(14-6-22)33-28-17-29(19-30-18-28)34-27-15-7-23(8-16-27)21-3-11-25(32)12-4-21/h1-19,31-32H. The quantitative estimate of drug-likeness (QED) is 0.283. The summed E-state index contributed by atoms with van der Waals surface area (Å²) in [4.78, 5) is 4.23. The molecule has 1 heterocycles. The highest BCUT2D eigenvalue weighted by Crippen LogP contribution is 2.30. The Morgan fingerprint density at radius 1 is 0.412 bits per heavy atom. The zero-order chi connectivity index (χ0) is 23.3. The molecule has 0 aliphatic carbocycles. The fourth-order valence-corrected chi connectivity index (χ4v) is 3.52. The van der Waals surface area contributed by atoms with Gasteiger partial charge in [-0.25, -0.2) is 0 Å². The van der Waals surface area contributed by atoms with E-state index in [9.17, 15) is 10.2 Å². The average molecular weight is 447 g/mol. The Hall–Kier alpha value is -4.77. The molecule has 5 heteroatoms. The van der Waals surface area contributed by atoms with Crippen LogP contribution in [0.1, 0.15) is 0 Å². The van der Waals surface area contributed by atoms with E-state index in [1.165, 1.54) is 0 Å². The van der Waals surface area contributed by atoms with Crippen LogP contribution in [0.25, 0.3) is 22.3 Å². The summed E-state index contributed by atoms with van der Waals surface area (Å²) in [5.74, 6) is 2.98. The van der Waals surface area contributed by atoms with Gasteiger partial charge in [-0.15, -0.1) is 0 Å². The van der Waals surface area contributed by atoms with Crippen LogP contribution in [0.4, 0.5) is 0 Å². The Morgan fingerprint density at radius 3 is 1.09 bits per heavy atom. The largest absolute Gasteiger partial charge is 0.508 e. The van der Waals surface area contributed by atoms with Crippen molar-refractivity contribution < 1.29 is 19.7 Å². The Labute approximate surface area is 197 Å². The average Bonchev–Trinajstić information content (AvgIpc) is 2.86. The fraction of sp³-hybridized carbons (Fsp3) is 0. The number of phenolic OH excluding ortho intramolecular Hbond substituents is 2. The summed E-state index contributed by atoms with van der Waals surface area (Å²) in [6.07, 6.45) is 3.27. The van der Waals surface area contributed by atoms with Crippen LogP contribution >= 0.6 is 0 Å². The number of aromatic hydroxyl groups is 2. The number of nitrogens with zero attached hydrogens (tertiary/aromatic N) is 1. The number of hydrogen-bond donors (Lipinski definition) is 2. The molecule has 0 bridgehead atoms. The van der Waals surface area contributed by atoms with Gasteiger partial charge >= 0.3 is 0 Å². The van der Waals surface area contributed by atoms with E-state index < -0.39 is 0 Å². The Kier molecular flexibility index (Phi) is 5.82. The monoisotopic (exact) mass is 447 g/mol. The third-order valence-corrected chi connectivity index (χ3v) is 5.27. The highest BCUT2D eigenvalue weighted by molar-refractivity contribution is 5.66. The number of pyridine rings is 1. The molecule has 1 aromatic heterocycles. The van der Waals surface area contributed by atoms with Crippen molar-refractivity contribution in [1.29, 1.82) is 0 Å². The van der Waals surface area contributed by atoms with Crippen LogP contribution in [-0.4, -0.2) is 15.2 Å². The molecule has 0 saturated carbocycles. The minimum absolute atomic E-state index is 0.242. The molecular weight excluding hydrogens is 426 g/mol. The lowest BCUT2D eigenvalue weighted by Gasteiger charge is -2.10. The van der Waals surface area contributed by atoms with Crippen LogP contribution in [0.3, 0.4) is 0 Å². The van der Waals surface area contributed by atoms with Gasteiger partial charge in [-0.05, 0) is 70.8 Å². The predicted molar refractivity (Wildman–Crippen MR) is 131 cm³/mol. The van der Waals surface area contributed by atoms with Crippen LogP contribution in [0.2, 0.25) is 0 Å². The van der Waals surface area contributed by atoms with Crippen molar-refractivity contribution in [3.63, 3.8) is 0 Å². The van der Waals surface area contributed by atoms with Crippen molar-refractivity contribution in [2.75, 3.05) is 0 Å². The van der Waals surface area contributed by atoms with Gasteiger partial charge in [0.05, 0.1) is 12.4 Å². The Morgan fingerprint density at radius 2 is 0.735 bits per heavy atom. The van der Waals surface area contributed by atoms with Crippen molar-refractivity contribution in [2.45, 2.75) is 0 Å². The molecule has 0 saturated heterocycles. The topological polar surface area (TPSA) is 71.8 Å². The van der Waals surface area contributed by atoms with Gasteiger partial charge in [-0.3, -0.25) is 4.98 Å². The maximum Gasteiger partial charge on any atom is 0.149 e. The van der Waals surface area contributed by atoms with Crippen LogP contribution in [0.15, 0.2) is 116 Å². The number of aromatic nitrogens is 1. The lowest BCUT2D eigenvalue weighted by molar-refractivity contribution is 0.456. The van der Waals surface area contributed by atoms with E-state index in [1.807, 2.05) is 72.8 Å². The number of hydrogen-bond acceptors (Lipinski definition) is 5. The molecule has 0 aliphatic heterocycles. The number of ether oxygens (including phenoxy) is 2. The van der Waals surface area contributed by atoms with Crippen molar-refractivity contribution in [1.82, 2.24) is 4.98 Å². The zero-order valence-electron chi connectivity index (χ0n) is 18.1. The molecular formula is C29H21NO4. The van der Waals surface area contributed by atoms with E-state index >= 15 is 0 Å². The van der Waals surface area contributed by atoms with Gasteiger partial charge in [-0.1, -0.05) is 48.5 Å². The second-order valence-corrected chi connectivity index (χ2v) is 7.70. The molecule has 166 valence electrons. The predicted octanol–water partition coefficient (Wildman–Crippen LogP) is 7.41. The maximum atomic E-state index is 9.45. The van der Waals surface area contributed by atoms with Gasteiger partial charge in [0.1, 0.15) is 34.5 Å². The molecule has 0 spiro atoms. The van der Waals surface area contributed by atoms with E-state index in [-0.39, 0.29) is 11.5 Å². The molecule has 2 N–H and O–H groups in total. The van der Waals surface area contributed by atoms with Crippen LogP contribution in [0, 0.1) is 0 Å². The normalized spacial score (nSPS) is 10.6. The van der Waals surface area contributed by atoms with Crippen molar-refractivity contribution in [3.8, 4) is 56.8 Å². The van der Waals surface area contributed by atoms with Gasteiger partial charge in [-0.2, -0.15) is 0 Å². The van der Waals surface area contributed by atoms with Crippen LogP contribution in [-0.2, 0) is 0 Å². The SMILES string of the molecule is Oc1ccc(-c2ccc(Oc3cncc(Oc4ccc(-c5ccc(O)cc5)cc4)c3)cc2)cc1. The number of rotatable bonds is 6. The van der Waals surface area contributed by atoms with Crippen molar-refractivity contribution in [3.05, 3.63) is 116 Å². The van der Waals surface area contributed by atoms with Gasteiger partial charge in [0.15, 0.2) is 0 Å². The second kappa shape index (κ2) is 9.38. The van der Waals surface area contributed by atoms with E-state index in [0.717, 1.165) is 22.3 Å². The summed E-state index contributed by atoms with van der Waals surface area (Å²) in [7, 11) is 0. The maximum absolute atomic E-state index is 9.45. The van der Waals surface area contributed by atoms with Crippen molar-refractivity contribution >= 4 is 0 Å². The first-order valence-electron chi connectivity index (χ1n) is 10.7. The molecule has 5 rings (SSSR count). The van der Waals surface area contributed by atoms with E-state index in [1.54, 1.807) is 42.7 Å². The summed E-state index contributed by atoms with van der Waals surface area (Å²) in [5, 5.41) is 18.9. The first-order chi connectivity index (χ1) is 16.6. The molecule has 34 heavy (non-hydrogen) atoms. The Balaban J connectivity index is 1.25. The molecule has 5 aromatic rings. The molecule has 0 aliphatic rings. The molecule has 0 radical (unpaired) electrons. The summed E-state index contributed by atoms with van der Waals surface area (Å²) in [6.45, 7) is 0. The molecule has 4 aromatic carbocycles. The third kappa shape index (κ3) is 5.00. The van der Waals surface area contributed by atoms with Gasteiger partial charge < -0.3 is 19.7 Å². The third-order valence-electron chi connectivity index (χ3n) is 5.27. The van der Waals surface area contributed by atoms with Gasteiger partial charge in [0, 0.05) is 6.07 Å². The molecule has 0 amide bonds. The molecule has 0 atom stereocenters. The Bertz CT molecular complexity index is 1270. The highest BCUT2D eigenvalue weighted by Gasteiger charge is 2.05. The highest BCUT2D eigenvalue weighted by atomic mass is 16.5. The van der Waals surface area contributed by atoms with E-state index in [0.29, 0.717) is 23.0 Å².